The van der Waals surface area contributed by atoms with Crippen molar-refractivity contribution in [3.63, 3.8) is 0 Å². The predicted molar refractivity (Wildman–Crippen MR) is 62.5 cm³/mol. The average molecular weight is 240 g/mol. The van der Waals surface area contributed by atoms with Crippen LogP contribution >= 0.6 is 0 Å². The summed E-state index contributed by atoms with van der Waals surface area (Å²) in [5.74, 6) is 0. The van der Waals surface area contributed by atoms with Crippen molar-refractivity contribution in [1.82, 2.24) is 19.9 Å². The number of aliphatic hydroxyl groups excluding tert-OH is 1. The van der Waals surface area contributed by atoms with Crippen LogP contribution in [0.4, 0.5) is 0 Å². The SMILES string of the molecule is CC1CN(CC(O)Cn2ccnn2)CC(C)O1. The second-order valence-corrected chi connectivity index (χ2v) is 4.75. The van der Waals surface area contributed by atoms with Gasteiger partial charge in [-0.25, -0.2) is 4.68 Å². The van der Waals surface area contributed by atoms with E-state index in [9.17, 15) is 5.11 Å². The molecule has 1 saturated heterocycles. The lowest BCUT2D eigenvalue weighted by Crippen LogP contribution is -2.48. The van der Waals surface area contributed by atoms with Crippen LogP contribution in [0.5, 0.6) is 0 Å². The zero-order valence-corrected chi connectivity index (χ0v) is 10.4. The summed E-state index contributed by atoms with van der Waals surface area (Å²) in [4.78, 5) is 2.24. The number of aliphatic hydroxyl groups is 1. The van der Waals surface area contributed by atoms with E-state index in [0.29, 0.717) is 13.1 Å². The zero-order chi connectivity index (χ0) is 12.3. The van der Waals surface area contributed by atoms with Crippen molar-refractivity contribution in [3.05, 3.63) is 12.4 Å². The van der Waals surface area contributed by atoms with Gasteiger partial charge in [-0.15, -0.1) is 5.10 Å². The highest BCUT2D eigenvalue weighted by Gasteiger charge is 2.23. The van der Waals surface area contributed by atoms with Crippen LogP contribution in [-0.4, -0.2) is 62.9 Å². The van der Waals surface area contributed by atoms with Gasteiger partial charge in [0.2, 0.25) is 0 Å². The monoisotopic (exact) mass is 240 g/mol. The molecule has 0 aromatic carbocycles. The third-order valence-electron chi connectivity index (χ3n) is 2.83. The van der Waals surface area contributed by atoms with E-state index in [1.165, 1.54) is 0 Å². The zero-order valence-electron chi connectivity index (χ0n) is 10.4. The van der Waals surface area contributed by atoms with Crippen LogP contribution in [0.1, 0.15) is 13.8 Å². The molecule has 96 valence electrons. The Balaban J connectivity index is 1.79. The first-order chi connectivity index (χ1) is 8.13. The molecule has 1 N–H and O–H groups in total. The minimum Gasteiger partial charge on any atom is -0.390 e. The van der Waals surface area contributed by atoms with E-state index in [-0.39, 0.29) is 12.2 Å². The topological polar surface area (TPSA) is 63.4 Å². The third-order valence-corrected chi connectivity index (χ3v) is 2.83. The molecule has 6 nitrogen and oxygen atoms in total. The first-order valence-electron chi connectivity index (χ1n) is 6.03. The first-order valence-corrected chi connectivity index (χ1v) is 6.03. The number of hydrogen-bond acceptors (Lipinski definition) is 5. The summed E-state index contributed by atoms with van der Waals surface area (Å²) in [5, 5.41) is 17.5. The molecule has 0 amide bonds. The van der Waals surface area contributed by atoms with Gasteiger partial charge in [0.05, 0.1) is 31.1 Å². The van der Waals surface area contributed by atoms with Crippen molar-refractivity contribution in [2.75, 3.05) is 19.6 Å². The maximum atomic E-state index is 9.97. The minimum absolute atomic E-state index is 0.234. The Kier molecular flexibility index (Phi) is 4.09. The van der Waals surface area contributed by atoms with Gasteiger partial charge in [-0.3, -0.25) is 4.90 Å². The molecule has 0 radical (unpaired) electrons. The van der Waals surface area contributed by atoms with Crippen LogP contribution in [-0.2, 0) is 11.3 Å². The van der Waals surface area contributed by atoms with Gasteiger partial charge >= 0.3 is 0 Å². The van der Waals surface area contributed by atoms with Crippen LogP contribution in [0.15, 0.2) is 12.4 Å². The van der Waals surface area contributed by atoms with Gasteiger partial charge in [-0.05, 0) is 13.8 Å². The van der Waals surface area contributed by atoms with Gasteiger partial charge in [-0.1, -0.05) is 5.21 Å². The van der Waals surface area contributed by atoms with Gasteiger partial charge in [-0.2, -0.15) is 0 Å². The highest BCUT2D eigenvalue weighted by atomic mass is 16.5. The summed E-state index contributed by atoms with van der Waals surface area (Å²) in [6.07, 6.45) is 3.42. The van der Waals surface area contributed by atoms with Crippen molar-refractivity contribution in [1.29, 1.82) is 0 Å². The Morgan fingerprint density at radius 2 is 2.06 bits per heavy atom. The number of aromatic nitrogens is 3. The molecule has 0 saturated carbocycles. The highest BCUT2D eigenvalue weighted by Crippen LogP contribution is 2.11. The number of nitrogens with zero attached hydrogens (tertiary/aromatic N) is 4. The fraction of sp³-hybridized carbons (Fsp3) is 0.818. The van der Waals surface area contributed by atoms with Crippen molar-refractivity contribution in [3.8, 4) is 0 Å². The third kappa shape index (κ3) is 3.76. The lowest BCUT2D eigenvalue weighted by atomic mass is 10.2. The fourth-order valence-corrected chi connectivity index (χ4v) is 2.34. The number of morpholine rings is 1. The van der Waals surface area contributed by atoms with E-state index in [1.54, 1.807) is 17.1 Å². The van der Waals surface area contributed by atoms with Crippen LogP contribution in [0.3, 0.4) is 0 Å². The normalized spacial score (nSPS) is 28.2. The van der Waals surface area contributed by atoms with E-state index < -0.39 is 6.10 Å². The van der Waals surface area contributed by atoms with Crippen molar-refractivity contribution in [2.45, 2.75) is 38.7 Å². The number of hydrogen-bond donors (Lipinski definition) is 1. The van der Waals surface area contributed by atoms with Gasteiger partial charge < -0.3 is 9.84 Å². The summed E-state index contributed by atoms with van der Waals surface area (Å²) in [6, 6.07) is 0. The molecule has 0 spiro atoms. The fourth-order valence-electron chi connectivity index (χ4n) is 2.34. The molecule has 1 aromatic heterocycles. The first kappa shape index (κ1) is 12.5. The van der Waals surface area contributed by atoms with Gasteiger partial charge in [0.15, 0.2) is 0 Å². The summed E-state index contributed by atoms with van der Waals surface area (Å²) in [7, 11) is 0. The largest absolute Gasteiger partial charge is 0.390 e. The Hall–Kier alpha value is -0.980. The molecule has 1 aliphatic rings. The molecule has 2 heterocycles. The molecule has 1 fully saturated rings. The van der Waals surface area contributed by atoms with E-state index in [4.69, 9.17) is 4.74 Å². The predicted octanol–water partition coefficient (Wildman–Crippen LogP) is -0.252. The molecule has 6 heteroatoms. The Bertz CT molecular complexity index is 320. The standard InChI is InChI=1S/C11H20N4O2/c1-9-5-14(6-10(2)17-9)7-11(16)8-15-4-3-12-13-15/h3-4,9-11,16H,5-8H2,1-2H3. The summed E-state index contributed by atoms with van der Waals surface area (Å²) < 4.78 is 7.30. The number of rotatable bonds is 4. The second kappa shape index (κ2) is 5.57. The van der Waals surface area contributed by atoms with Crippen LogP contribution < -0.4 is 0 Å². The molecule has 0 bridgehead atoms. The molecular weight excluding hydrogens is 220 g/mol. The average Bonchev–Trinajstić information content (AvgIpc) is 2.67. The number of β-amino-alcohol motifs (C(OH)–C–C–N with tert-alkyl or cyclic N) is 1. The number of ether oxygens (including phenoxy) is 1. The van der Waals surface area contributed by atoms with E-state index in [1.807, 2.05) is 0 Å². The van der Waals surface area contributed by atoms with Crippen molar-refractivity contribution < 1.29 is 9.84 Å². The van der Waals surface area contributed by atoms with E-state index in [0.717, 1.165) is 13.1 Å². The van der Waals surface area contributed by atoms with Gasteiger partial charge in [0, 0.05) is 25.8 Å². The quantitative estimate of drug-likeness (QED) is 0.786. The Morgan fingerprint density at radius 1 is 1.35 bits per heavy atom. The molecule has 1 aliphatic heterocycles. The lowest BCUT2D eigenvalue weighted by molar-refractivity contribution is -0.0774. The molecule has 1 aromatic rings. The van der Waals surface area contributed by atoms with Crippen LogP contribution in [0.25, 0.3) is 0 Å². The molecular formula is C11H20N4O2. The summed E-state index contributed by atoms with van der Waals surface area (Å²) >= 11 is 0. The maximum Gasteiger partial charge on any atom is 0.0863 e. The van der Waals surface area contributed by atoms with Gasteiger partial charge in [0.1, 0.15) is 0 Å². The second-order valence-electron chi connectivity index (χ2n) is 4.75. The van der Waals surface area contributed by atoms with E-state index >= 15 is 0 Å². The lowest BCUT2D eigenvalue weighted by Gasteiger charge is -2.36. The van der Waals surface area contributed by atoms with Crippen LogP contribution in [0, 0.1) is 0 Å². The molecule has 17 heavy (non-hydrogen) atoms. The van der Waals surface area contributed by atoms with E-state index in [2.05, 4.69) is 29.1 Å². The molecule has 2 rings (SSSR count). The highest BCUT2D eigenvalue weighted by molar-refractivity contribution is 4.76. The Labute approximate surface area is 101 Å². The van der Waals surface area contributed by atoms with Gasteiger partial charge in [0.25, 0.3) is 0 Å². The summed E-state index contributed by atoms with van der Waals surface area (Å²) in [5.41, 5.74) is 0. The Morgan fingerprint density at radius 3 is 2.65 bits per heavy atom. The summed E-state index contributed by atoms with van der Waals surface area (Å²) in [6.45, 7) is 7.01. The smallest absolute Gasteiger partial charge is 0.0863 e. The molecule has 3 unspecified atom stereocenters. The molecule has 3 atom stereocenters. The maximum absolute atomic E-state index is 9.97. The van der Waals surface area contributed by atoms with Crippen LogP contribution in [0.2, 0.25) is 0 Å². The minimum atomic E-state index is -0.422. The van der Waals surface area contributed by atoms with Crippen molar-refractivity contribution in [2.24, 2.45) is 0 Å². The molecule has 0 aliphatic carbocycles. The van der Waals surface area contributed by atoms with Crippen molar-refractivity contribution >= 4 is 0 Å².